The highest BCUT2D eigenvalue weighted by atomic mass is 16.5. The number of ether oxygens (including phenoxy) is 1. The summed E-state index contributed by atoms with van der Waals surface area (Å²) in [6.07, 6.45) is 0.830. The van der Waals surface area contributed by atoms with Gasteiger partial charge in [-0.2, -0.15) is 0 Å². The third-order valence-electron chi connectivity index (χ3n) is 2.01. The van der Waals surface area contributed by atoms with E-state index in [0.29, 0.717) is 25.3 Å². The van der Waals surface area contributed by atoms with E-state index in [-0.39, 0.29) is 5.97 Å². The van der Waals surface area contributed by atoms with Crippen molar-refractivity contribution in [3.8, 4) is 0 Å². The standard InChI is InChI=1S/C12H18N2O2/c1-2-8-16-12(15)10-4-3-5-11(9-10)14-7-6-13/h3-5,9,14H,2,6-8,13H2,1H3. The Bertz CT molecular complexity index is 340. The molecule has 0 fully saturated rings. The van der Waals surface area contributed by atoms with Crippen molar-refractivity contribution in [1.82, 2.24) is 0 Å². The second-order valence-corrected chi connectivity index (χ2v) is 3.43. The van der Waals surface area contributed by atoms with Gasteiger partial charge in [0, 0.05) is 18.8 Å². The molecule has 0 radical (unpaired) electrons. The fourth-order valence-corrected chi connectivity index (χ4v) is 1.25. The molecule has 0 spiro atoms. The summed E-state index contributed by atoms with van der Waals surface area (Å²) in [6.45, 7) is 3.67. The molecule has 0 aliphatic heterocycles. The largest absolute Gasteiger partial charge is 0.462 e. The lowest BCUT2D eigenvalue weighted by Crippen LogP contribution is -2.13. The molecule has 0 saturated carbocycles. The van der Waals surface area contributed by atoms with Crippen LogP contribution in [0.2, 0.25) is 0 Å². The van der Waals surface area contributed by atoms with Gasteiger partial charge in [0.25, 0.3) is 0 Å². The second kappa shape index (κ2) is 6.85. The van der Waals surface area contributed by atoms with Crippen molar-refractivity contribution < 1.29 is 9.53 Å². The number of hydrogen-bond acceptors (Lipinski definition) is 4. The van der Waals surface area contributed by atoms with Crippen molar-refractivity contribution in [1.29, 1.82) is 0 Å². The first kappa shape index (κ1) is 12.5. The summed E-state index contributed by atoms with van der Waals surface area (Å²) in [4.78, 5) is 11.6. The van der Waals surface area contributed by atoms with Crippen molar-refractivity contribution in [2.75, 3.05) is 25.0 Å². The van der Waals surface area contributed by atoms with Crippen molar-refractivity contribution >= 4 is 11.7 Å². The van der Waals surface area contributed by atoms with Crippen LogP contribution in [-0.4, -0.2) is 25.7 Å². The normalized spacial score (nSPS) is 9.88. The van der Waals surface area contributed by atoms with E-state index in [9.17, 15) is 4.79 Å². The topological polar surface area (TPSA) is 64.3 Å². The molecule has 1 aromatic rings. The molecule has 88 valence electrons. The number of carbonyl (C=O) groups excluding carboxylic acids is 1. The van der Waals surface area contributed by atoms with Crippen molar-refractivity contribution in [2.45, 2.75) is 13.3 Å². The van der Waals surface area contributed by atoms with Gasteiger partial charge in [-0.15, -0.1) is 0 Å². The van der Waals surface area contributed by atoms with Crippen LogP contribution in [0.3, 0.4) is 0 Å². The number of nitrogens with two attached hydrogens (primary N) is 1. The van der Waals surface area contributed by atoms with Crippen LogP contribution in [0.5, 0.6) is 0 Å². The van der Waals surface area contributed by atoms with E-state index in [2.05, 4.69) is 5.32 Å². The smallest absolute Gasteiger partial charge is 0.338 e. The Morgan fingerprint density at radius 1 is 1.50 bits per heavy atom. The van der Waals surface area contributed by atoms with Gasteiger partial charge in [-0.25, -0.2) is 4.79 Å². The molecule has 0 aromatic heterocycles. The van der Waals surface area contributed by atoms with E-state index < -0.39 is 0 Å². The summed E-state index contributed by atoms with van der Waals surface area (Å²) >= 11 is 0. The van der Waals surface area contributed by atoms with Gasteiger partial charge in [0.15, 0.2) is 0 Å². The van der Waals surface area contributed by atoms with Gasteiger partial charge in [-0.1, -0.05) is 13.0 Å². The molecule has 4 nitrogen and oxygen atoms in total. The fourth-order valence-electron chi connectivity index (χ4n) is 1.25. The molecule has 3 N–H and O–H groups in total. The first-order valence-electron chi connectivity index (χ1n) is 5.49. The van der Waals surface area contributed by atoms with E-state index in [4.69, 9.17) is 10.5 Å². The lowest BCUT2D eigenvalue weighted by atomic mass is 10.2. The molecule has 0 saturated heterocycles. The Balaban J connectivity index is 2.62. The van der Waals surface area contributed by atoms with Crippen LogP contribution >= 0.6 is 0 Å². The van der Waals surface area contributed by atoms with Crippen LogP contribution in [0.15, 0.2) is 24.3 Å². The summed E-state index contributed by atoms with van der Waals surface area (Å²) in [5.74, 6) is -0.279. The first-order chi connectivity index (χ1) is 7.77. The Labute approximate surface area is 95.8 Å². The van der Waals surface area contributed by atoms with Gasteiger partial charge in [-0.05, 0) is 24.6 Å². The van der Waals surface area contributed by atoms with Crippen LogP contribution in [0.25, 0.3) is 0 Å². The highest BCUT2D eigenvalue weighted by molar-refractivity contribution is 5.90. The number of rotatable bonds is 6. The lowest BCUT2D eigenvalue weighted by molar-refractivity contribution is 0.0505. The SMILES string of the molecule is CCCOC(=O)c1cccc(NCCN)c1. The minimum atomic E-state index is -0.279. The maximum absolute atomic E-state index is 11.6. The van der Waals surface area contributed by atoms with Gasteiger partial charge in [-0.3, -0.25) is 0 Å². The zero-order valence-electron chi connectivity index (χ0n) is 9.53. The molecular formula is C12H18N2O2. The van der Waals surface area contributed by atoms with E-state index in [1.807, 2.05) is 19.1 Å². The number of hydrogen-bond donors (Lipinski definition) is 2. The lowest BCUT2D eigenvalue weighted by Gasteiger charge is -2.07. The fraction of sp³-hybridized carbons (Fsp3) is 0.417. The summed E-state index contributed by atoms with van der Waals surface area (Å²) in [6, 6.07) is 7.23. The molecule has 1 aromatic carbocycles. The zero-order chi connectivity index (χ0) is 11.8. The first-order valence-corrected chi connectivity index (χ1v) is 5.49. The molecule has 4 heteroatoms. The average Bonchev–Trinajstić information content (AvgIpc) is 2.33. The molecule has 0 bridgehead atoms. The Morgan fingerprint density at radius 2 is 2.31 bits per heavy atom. The molecule has 0 amide bonds. The summed E-state index contributed by atoms with van der Waals surface area (Å²) < 4.78 is 5.05. The Hall–Kier alpha value is -1.55. The number of nitrogens with one attached hydrogen (secondary N) is 1. The molecule has 0 aliphatic rings. The van der Waals surface area contributed by atoms with Crippen molar-refractivity contribution in [2.24, 2.45) is 5.73 Å². The molecule has 0 unspecified atom stereocenters. The Morgan fingerprint density at radius 3 is 3.00 bits per heavy atom. The predicted octanol–water partition coefficient (Wildman–Crippen LogP) is 1.62. The minimum Gasteiger partial charge on any atom is -0.462 e. The monoisotopic (exact) mass is 222 g/mol. The highest BCUT2D eigenvalue weighted by Gasteiger charge is 2.06. The Kier molecular flexibility index (Phi) is 5.36. The van der Waals surface area contributed by atoms with Gasteiger partial charge in [0.1, 0.15) is 0 Å². The molecule has 16 heavy (non-hydrogen) atoms. The number of benzene rings is 1. The van der Waals surface area contributed by atoms with Crippen molar-refractivity contribution in [3.05, 3.63) is 29.8 Å². The minimum absolute atomic E-state index is 0.279. The van der Waals surface area contributed by atoms with Gasteiger partial charge in [0.2, 0.25) is 0 Å². The van der Waals surface area contributed by atoms with Crippen LogP contribution in [0, 0.1) is 0 Å². The average molecular weight is 222 g/mol. The molecule has 0 heterocycles. The summed E-state index contributed by atoms with van der Waals surface area (Å²) in [5.41, 5.74) is 6.84. The predicted molar refractivity (Wildman–Crippen MR) is 64.6 cm³/mol. The molecular weight excluding hydrogens is 204 g/mol. The van der Waals surface area contributed by atoms with Crippen LogP contribution < -0.4 is 11.1 Å². The van der Waals surface area contributed by atoms with Crippen LogP contribution in [-0.2, 0) is 4.74 Å². The maximum Gasteiger partial charge on any atom is 0.338 e. The molecule has 1 rings (SSSR count). The van der Waals surface area contributed by atoms with Gasteiger partial charge < -0.3 is 15.8 Å². The number of carbonyl (C=O) groups is 1. The second-order valence-electron chi connectivity index (χ2n) is 3.43. The molecule has 0 atom stereocenters. The van der Waals surface area contributed by atoms with E-state index in [0.717, 1.165) is 12.1 Å². The van der Waals surface area contributed by atoms with Gasteiger partial charge >= 0.3 is 5.97 Å². The molecule has 0 aliphatic carbocycles. The van der Waals surface area contributed by atoms with Gasteiger partial charge in [0.05, 0.1) is 12.2 Å². The van der Waals surface area contributed by atoms with Crippen molar-refractivity contribution in [3.63, 3.8) is 0 Å². The maximum atomic E-state index is 11.6. The number of anilines is 1. The van der Waals surface area contributed by atoms with E-state index in [1.54, 1.807) is 12.1 Å². The summed E-state index contributed by atoms with van der Waals surface area (Å²) in [5, 5.41) is 3.11. The summed E-state index contributed by atoms with van der Waals surface area (Å²) in [7, 11) is 0. The third kappa shape index (κ3) is 3.90. The number of esters is 1. The zero-order valence-corrected chi connectivity index (χ0v) is 9.53. The quantitative estimate of drug-likeness (QED) is 0.718. The highest BCUT2D eigenvalue weighted by Crippen LogP contribution is 2.11. The third-order valence-corrected chi connectivity index (χ3v) is 2.01. The van der Waals surface area contributed by atoms with E-state index >= 15 is 0 Å². The van der Waals surface area contributed by atoms with Crippen LogP contribution in [0.4, 0.5) is 5.69 Å². The van der Waals surface area contributed by atoms with Crippen LogP contribution in [0.1, 0.15) is 23.7 Å². The van der Waals surface area contributed by atoms with E-state index in [1.165, 1.54) is 0 Å².